The van der Waals surface area contributed by atoms with Crippen molar-refractivity contribution in [2.75, 3.05) is 33.2 Å². The molecule has 2 aromatic rings. The molecule has 0 radical (unpaired) electrons. The van der Waals surface area contributed by atoms with Crippen LogP contribution in [-0.4, -0.2) is 59.7 Å². The summed E-state index contributed by atoms with van der Waals surface area (Å²) < 4.78 is 5.41. The molecule has 0 bridgehead atoms. The fraction of sp³-hybridized carbons (Fsp3) is 0.421. The van der Waals surface area contributed by atoms with Crippen LogP contribution in [0.2, 0.25) is 0 Å². The average Bonchev–Trinajstić information content (AvgIpc) is 3.16. The molecule has 0 aromatic carbocycles. The summed E-state index contributed by atoms with van der Waals surface area (Å²) in [5.41, 5.74) is 0.658. The Labute approximate surface area is 150 Å². The van der Waals surface area contributed by atoms with Gasteiger partial charge in [0.2, 0.25) is 0 Å². The summed E-state index contributed by atoms with van der Waals surface area (Å²) in [4.78, 5) is 44.4. The highest BCUT2D eigenvalue weighted by Crippen LogP contribution is 2.31. The lowest BCUT2D eigenvalue weighted by Crippen LogP contribution is -2.48. The van der Waals surface area contributed by atoms with E-state index in [2.05, 4.69) is 9.88 Å². The molecule has 7 heteroatoms. The van der Waals surface area contributed by atoms with E-state index >= 15 is 0 Å². The summed E-state index contributed by atoms with van der Waals surface area (Å²) >= 11 is 0. The predicted octanol–water partition coefficient (Wildman–Crippen LogP) is 1.27. The number of nitrogens with zero attached hydrogens (tertiary/aromatic N) is 2. The molecule has 26 heavy (non-hydrogen) atoms. The highest BCUT2D eigenvalue weighted by molar-refractivity contribution is 6.02. The van der Waals surface area contributed by atoms with Crippen molar-refractivity contribution in [1.29, 1.82) is 0 Å². The molecule has 4 rings (SSSR count). The number of rotatable bonds is 2. The number of carbonyl (C=O) groups is 2. The number of carbonyl (C=O) groups excluding carboxylic acids is 2. The number of H-pyrrole nitrogens is 1. The van der Waals surface area contributed by atoms with Gasteiger partial charge in [-0.3, -0.25) is 14.4 Å². The molecule has 136 valence electrons. The lowest BCUT2D eigenvalue weighted by molar-refractivity contribution is 0.0662. The second kappa shape index (κ2) is 6.57. The maximum Gasteiger partial charge on any atom is 0.261 e. The van der Waals surface area contributed by atoms with Crippen molar-refractivity contribution in [3.63, 3.8) is 0 Å². The van der Waals surface area contributed by atoms with Crippen LogP contribution in [0.3, 0.4) is 0 Å². The first-order valence-electron chi connectivity index (χ1n) is 8.83. The van der Waals surface area contributed by atoms with Gasteiger partial charge in [-0.05, 0) is 31.7 Å². The lowest BCUT2D eigenvalue weighted by Gasteiger charge is -2.32. The third-order valence-corrected chi connectivity index (χ3v) is 5.27. The van der Waals surface area contributed by atoms with Crippen LogP contribution in [0.5, 0.6) is 0 Å². The van der Waals surface area contributed by atoms with Gasteiger partial charge in [-0.2, -0.15) is 0 Å². The predicted molar refractivity (Wildman–Crippen MR) is 94.6 cm³/mol. The van der Waals surface area contributed by atoms with Crippen molar-refractivity contribution in [2.24, 2.45) is 0 Å². The molecule has 3 heterocycles. The molecular weight excluding hydrogens is 334 g/mol. The van der Waals surface area contributed by atoms with Crippen molar-refractivity contribution in [3.8, 4) is 0 Å². The van der Waals surface area contributed by atoms with Crippen molar-refractivity contribution in [3.05, 3.63) is 57.4 Å². The van der Waals surface area contributed by atoms with E-state index in [1.54, 1.807) is 17.2 Å². The van der Waals surface area contributed by atoms with E-state index < -0.39 is 5.56 Å². The van der Waals surface area contributed by atoms with Gasteiger partial charge in [0.05, 0.1) is 6.26 Å². The Morgan fingerprint density at radius 2 is 1.96 bits per heavy atom. The van der Waals surface area contributed by atoms with Gasteiger partial charge in [-0.15, -0.1) is 0 Å². The highest BCUT2D eigenvalue weighted by atomic mass is 16.3. The molecule has 2 aromatic heterocycles. The summed E-state index contributed by atoms with van der Waals surface area (Å²) in [5.74, 6) is 0.279. The third-order valence-electron chi connectivity index (χ3n) is 5.27. The molecule has 0 saturated carbocycles. The monoisotopic (exact) mass is 355 g/mol. The minimum absolute atomic E-state index is 0.0538. The number of furan rings is 1. The Morgan fingerprint density at radius 3 is 2.65 bits per heavy atom. The molecule has 0 spiro atoms. The van der Waals surface area contributed by atoms with Crippen molar-refractivity contribution >= 4 is 11.7 Å². The molecule has 1 aliphatic heterocycles. The summed E-state index contributed by atoms with van der Waals surface area (Å²) in [5, 5.41) is 0. The summed E-state index contributed by atoms with van der Waals surface area (Å²) in [7, 11) is 2.00. The Balaban J connectivity index is 1.62. The number of fused-ring (bicyclic) bond motifs is 1. The first kappa shape index (κ1) is 16.8. The molecule has 1 atom stereocenters. The standard InChI is InChI=1S/C19H21N3O4/c1-21-4-6-22(7-5-21)19(25)14-11-13-15(20-18(14)24)9-12(10-16(13)23)17-3-2-8-26-17/h2-3,8,11-12H,4-7,9-10H2,1H3,(H,20,24). The SMILES string of the molecule is CN1CCN(C(=O)c2cc3c([nH]c2=O)CC(c2ccco2)CC3=O)CC1. The number of ketones is 1. The third kappa shape index (κ3) is 2.99. The van der Waals surface area contributed by atoms with Crippen LogP contribution >= 0.6 is 0 Å². The zero-order valence-corrected chi connectivity index (χ0v) is 14.7. The van der Waals surface area contributed by atoms with E-state index in [-0.39, 0.29) is 23.2 Å². The second-order valence-corrected chi connectivity index (χ2v) is 7.04. The topological polar surface area (TPSA) is 86.6 Å². The number of hydrogen-bond donors (Lipinski definition) is 1. The number of aromatic nitrogens is 1. The molecular formula is C19H21N3O4. The van der Waals surface area contributed by atoms with Crippen molar-refractivity contribution in [1.82, 2.24) is 14.8 Å². The number of Topliss-reactive ketones (excluding diaryl/α,β-unsaturated/α-hetero) is 1. The summed E-state index contributed by atoms with van der Waals surface area (Å²) in [6.07, 6.45) is 2.41. The Morgan fingerprint density at radius 1 is 1.19 bits per heavy atom. The number of hydrogen-bond acceptors (Lipinski definition) is 5. The first-order valence-corrected chi connectivity index (χ1v) is 8.83. The molecule has 1 saturated heterocycles. The first-order chi connectivity index (χ1) is 12.5. The average molecular weight is 355 g/mol. The van der Waals surface area contributed by atoms with Crippen LogP contribution in [0.25, 0.3) is 0 Å². The summed E-state index contributed by atoms with van der Waals surface area (Å²) in [6.45, 7) is 2.72. The van der Waals surface area contributed by atoms with Gasteiger partial charge in [0.1, 0.15) is 11.3 Å². The van der Waals surface area contributed by atoms with Crippen LogP contribution in [0.4, 0.5) is 0 Å². The Kier molecular flexibility index (Phi) is 4.24. The van der Waals surface area contributed by atoms with Gasteiger partial charge in [-0.1, -0.05) is 0 Å². The van der Waals surface area contributed by atoms with Gasteiger partial charge in [-0.25, -0.2) is 0 Å². The van der Waals surface area contributed by atoms with Gasteiger partial charge in [0.15, 0.2) is 5.78 Å². The molecule has 7 nitrogen and oxygen atoms in total. The van der Waals surface area contributed by atoms with Crippen LogP contribution in [0, 0.1) is 0 Å². The van der Waals surface area contributed by atoms with E-state index in [0.717, 1.165) is 18.8 Å². The zero-order chi connectivity index (χ0) is 18.3. The largest absolute Gasteiger partial charge is 0.469 e. The van der Waals surface area contributed by atoms with Crippen LogP contribution in [-0.2, 0) is 6.42 Å². The van der Waals surface area contributed by atoms with E-state index in [4.69, 9.17) is 4.42 Å². The van der Waals surface area contributed by atoms with E-state index in [1.165, 1.54) is 6.07 Å². The minimum atomic E-state index is -0.430. The fourth-order valence-corrected chi connectivity index (χ4v) is 3.69. The van der Waals surface area contributed by atoms with Crippen molar-refractivity contribution in [2.45, 2.75) is 18.8 Å². The molecule has 2 aliphatic rings. The van der Waals surface area contributed by atoms with Gasteiger partial charge in [0, 0.05) is 49.8 Å². The smallest absolute Gasteiger partial charge is 0.261 e. The fourth-order valence-electron chi connectivity index (χ4n) is 3.69. The van der Waals surface area contributed by atoms with Crippen LogP contribution < -0.4 is 5.56 Å². The van der Waals surface area contributed by atoms with Gasteiger partial charge >= 0.3 is 0 Å². The minimum Gasteiger partial charge on any atom is -0.469 e. The van der Waals surface area contributed by atoms with E-state index in [0.29, 0.717) is 37.2 Å². The molecule has 1 N–H and O–H groups in total. The number of pyridine rings is 1. The molecule has 1 unspecified atom stereocenters. The van der Waals surface area contributed by atoms with Crippen LogP contribution in [0.1, 0.15) is 44.5 Å². The van der Waals surface area contributed by atoms with Crippen molar-refractivity contribution < 1.29 is 14.0 Å². The Bertz CT molecular complexity index is 892. The lowest BCUT2D eigenvalue weighted by atomic mass is 9.84. The molecule has 1 fully saturated rings. The number of likely N-dealkylation sites (N-methyl/N-ethyl adjacent to an activating group) is 1. The number of amides is 1. The molecule has 1 amide bonds. The number of piperazine rings is 1. The zero-order valence-electron chi connectivity index (χ0n) is 14.7. The quantitative estimate of drug-likeness (QED) is 0.877. The van der Waals surface area contributed by atoms with Gasteiger partial charge < -0.3 is 19.2 Å². The van der Waals surface area contributed by atoms with E-state index in [9.17, 15) is 14.4 Å². The second-order valence-electron chi connectivity index (χ2n) is 7.04. The maximum absolute atomic E-state index is 12.7. The molecule has 1 aliphatic carbocycles. The van der Waals surface area contributed by atoms with Crippen LogP contribution in [0.15, 0.2) is 33.7 Å². The number of aromatic amines is 1. The maximum atomic E-state index is 12.7. The normalized spacial score (nSPS) is 20.9. The van der Waals surface area contributed by atoms with E-state index in [1.807, 2.05) is 13.1 Å². The summed E-state index contributed by atoms with van der Waals surface area (Å²) in [6, 6.07) is 5.11. The highest BCUT2D eigenvalue weighted by Gasteiger charge is 2.31. The van der Waals surface area contributed by atoms with Gasteiger partial charge in [0.25, 0.3) is 11.5 Å². The number of nitrogens with one attached hydrogen (secondary N) is 1. The Hall–Kier alpha value is -2.67.